The third-order valence-corrected chi connectivity index (χ3v) is 12.7. The van der Waals surface area contributed by atoms with E-state index < -0.39 is 0 Å². The second-order valence-electron chi connectivity index (χ2n) is 18.0. The number of aryl methyl sites for hydroxylation is 1. The zero-order valence-corrected chi connectivity index (χ0v) is 37.9. The van der Waals surface area contributed by atoms with Gasteiger partial charge in [-0.25, -0.2) is 9.97 Å². The second-order valence-corrected chi connectivity index (χ2v) is 18.0. The Morgan fingerprint density at radius 3 is 2.06 bits per heavy atom. The van der Waals surface area contributed by atoms with Crippen molar-refractivity contribution in [2.24, 2.45) is 0 Å². The molecule has 304 valence electrons. The van der Waals surface area contributed by atoms with Gasteiger partial charge in [-0.3, -0.25) is 4.57 Å². The van der Waals surface area contributed by atoms with E-state index >= 15 is 0 Å². The molecule has 0 spiro atoms. The van der Waals surface area contributed by atoms with E-state index in [1.807, 2.05) is 18.3 Å². The van der Waals surface area contributed by atoms with Crippen LogP contribution in [0.1, 0.15) is 56.9 Å². The summed E-state index contributed by atoms with van der Waals surface area (Å²) in [6, 6.07) is 60.5. The molecule has 0 aliphatic rings. The summed E-state index contributed by atoms with van der Waals surface area (Å²) in [5, 5.41) is 4.62. The van der Waals surface area contributed by atoms with Crippen molar-refractivity contribution >= 4 is 54.6 Å². The van der Waals surface area contributed by atoms with Crippen LogP contribution in [0.2, 0.25) is 0 Å². The van der Waals surface area contributed by atoms with Gasteiger partial charge >= 0.3 is 21.1 Å². The molecular weight excluding hydrogens is 938 g/mol. The Balaban J connectivity index is 0.00000458. The van der Waals surface area contributed by atoms with Gasteiger partial charge in [0.2, 0.25) is 0 Å². The van der Waals surface area contributed by atoms with Crippen molar-refractivity contribution in [2.45, 2.75) is 52.4 Å². The predicted molar refractivity (Wildman–Crippen MR) is 253 cm³/mol. The Kier molecular flexibility index (Phi) is 9.46. The molecular formula is C56H45N5Pt. The normalized spacial score (nSPS) is 12.2. The van der Waals surface area contributed by atoms with Crippen molar-refractivity contribution in [3.05, 3.63) is 192 Å². The van der Waals surface area contributed by atoms with Gasteiger partial charge < -0.3 is 9.55 Å². The van der Waals surface area contributed by atoms with E-state index in [1.165, 1.54) is 27.6 Å². The Bertz CT molecular complexity index is 3480. The number of imidazole rings is 1. The minimum atomic E-state index is -0.189. The van der Waals surface area contributed by atoms with Crippen LogP contribution in [0.25, 0.3) is 88.7 Å². The zero-order valence-electron chi connectivity index (χ0n) is 35.6. The zero-order chi connectivity index (χ0) is 41.6. The van der Waals surface area contributed by atoms with Crippen LogP contribution in [0.15, 0.2) is 164 Å². The van der Waals surface area contributed by atoms with Crippen molar-refractivity contribution in [2.75, 3.05) is 0 Å². The summed E-state index contributed by atoms with van der Waals surface area (Å²) in [4.78, 5) is 15.8. The van der Waals surface area contributed by atoms with E-state index in [4.69, 9.17) is 15.0 Å². The SMILES string of the molecule is Cc1ccc2c(c1)[n-]c1c(-c3nc4c(-c5[c-]c6c(cc5)c5cc(C(C)(C)c7ccccc7)ccc5n6-c5ccccn5)cccc4n3-c3ccccc3)cc(C(C)(C)C)cc12.[Pt+2]. The first kappa shape index (κ1) is 39.6. The molecule has 7 aromatic carbocycles. The van der Waals surface area contributed by atoms with Crippen molar-refractivity contribution in [1.82, 2.24) is 24.1 Å². The van der Waals surface area contributed by atoms with E-state index in [9.17, 15) is 0 Å². The minimum Gasteiger partial charge on any atom is -0.656 e. The van der Waals surface area contributed by atoms with Crippen LogP contribution in [0, 0.1) is 13.0 Å². The minimum absolute atomic E-state index is 0. The van der Waals surface area contributed by atoms with Crippen LogP contribution in [0.5, 0.6) is 0 Å². The van der Waals surface area contributed by atoms with E-state index in [2.05, 4.69) is 202 Å². The molecule has 0 atom stereocenters. The number of pyridine rings is 1. The number of para-hydroxylation sites is 2. The van der Waals surface area contributed by atoms with Crippen LogP contribution in [-0.4, -0.2) is 19.1 Å². The first-order valence-corrected chi connectivity index (χ1v) is 21.1. The molecule has 0 saturated carbocycles. The maximum absolute atomic E-state index is 5.65. The van der Waals surface area contributed by atoms with E-state index in [0.29, 0.717) is 0 Å². The molecule has 0 amide bonds. The number of aromatic nitrogens is 5. The summed E-state index contributed by atoms with van der Waals surface area (Å²) in [6.45, 7) is 13.6. The molecule has 62 heavy (non-hydrogen) atoms. The molecule has 0 unspecified atom stereocenters. The number of rotatable bonds is 6. The molecule has 11 rings (SSSR count). The van der Waals surface area contributed by atoms with Crippen LogP contribution >= 0.6 is 0 Å². The average Bonchev–Trinajstić information content (AvgIpc) is 3.95. The predicted octanol–water partition coefficient (Wildman–Crippen LogP) is 13.8. The Morgan fingerprint density at radius 1 is 0.565 bits per heavy atom. The van der Waals surface area contributed by atoms with E-state index in [0.717, 1.165) is 83.3 Å². The molecule has 6 heteroatoms. The van der Waals surface area contributed by atoms with Gasteiger partial charge in [0, 0.05) is 28.4 Å². The molecule has 0 radical (unpaired) electrons. The third kappa shape index (κ3) is 6.33. The number of hydrogen-bond donors (Lipinski definition) is 0. The van der Waals surface area contributed by atoms with E-state index in [1.54, 1.807) is 0 Å². The number of fused-ring (bicyclic) bond motifs is 7. The number of hydrogen-bond acceptors (Lipinski definition) is 2. The number of benzene rings is 7. The molecule has 5 nitrogen and oxygen atoms in total. The van der Waals surface area contributed by atoms with Crippen LogP contribution in [0.4, 0.5) is 0 Å². The molecule has 0 fully saturated rings. The van der Waals surface area contributed by atoms with Crippen LogP contribution in [0.3, 0.4) is 0 Å². The third-order valence-electron chi connectivity index (χ3n) is 12.7. The summed E-state index contributed by atoms with van der Waals surface area (Å²) >= 11 is 0. The fourth-order valence-corrected chi connectivity index (χ4v) is 9.22. The van der Waals surface area contributed by atoms with Gasteiger partial charge in [0.1, 0.15) is 11.6 Å². The van der Waals surface area contributed by atoms with Crippen LogP contribution in [-0.2, 0) is 31.9 Å². The first-order chi connectivity index (χ1) is 29.5. The van der Waals surface area contributed by atoms with Crippen molar-refractivity contribution in [3.8, 4) is 34.0 Å². The molecule has 11 aromatic rings. The molecule has 0 N–H and O–H groups in total. The summed E-state index contributed by atoms with van der Waals surface area (Å²) in [5.74, 6) is 1.72. The molecule has 4 aromatic heterocycles. The Hall–Kier alpha value is -6.55. The van der Waals surface area contributed by atoms with Gasteiger partial charge in [0.15, 0.2) is 0 Å². The molecule has 0 bridgehead atoms. The molecule has 0 aliphatic carbocycles. The topological polar surface area (TPSA) is 49.7 Å². The smallest absolute Gasteiger partial charge is 0.656 e. The van der Waals surface area contributed by atoms with Gasteiger partial charge in [-0.15, -0.1) is 34.8 Å². The average molecular weight is 983 g/mol. The summed E-state index contributed by atoms with van der Waals surface area (Å²) in [6.07, 6.45) is 1.86. The molecule has 4 heterocycles. The van der Waals surface area contributed by atoms with Gasteiger partial charge in [-0.2, -0.15) is 0 Å². The Morgan fingerprint density at radius 2 is 1.31 bits per heavy atom. The van der Waals surface area contributed by atoms with Crippen molar-refractivity contribution < 1.29 is 21.1 Å². The van der Waals surface area contributed by atoms with Gasteiger partial charge in [-0.05, 0) is 93.2 Å². The van der Waals surface area contributed by atoms with Crippen molar-refractivity contribution in [3.63, 3.8) is 0 Å². The maximum Gasteiger partial charge on any atom is 2.00 e. The van der Waals surface area contributed by atoms with Crippen molar-refractivity contribution in [1.29, 1.82) is 0 Å². The maximum atomic E-state index is 5.65. The molecule has 0 aliphatic heterocycles. The van der Waals surface area contributed by atoms with E-state index in [-0.39, 0.29) is 31.9 Å². The summed E-state index contributed by atoms with van der Waals surface area (Å²) in [7, 11) is 0. The largest absolute Gasteiger partial charge is 2.00 e. The molecule has 0 saturated heterocycles. The fourth-order valence-electron chi connectivity index (χ4n) is 9.22. The first-order valence-electron chi connectivity index (χ1n) is 21.1. The summed E-state index contributed by atoms with van der Waals surface area (Å²) < 4.78 is 4.56. The second kappa shape index (κ2) is 14.8. The summed E-state index contributed by atoms with van der Waals surface area (Å²) in [5.41, 5.74) is 14.7. The Labute approximate surface area is 376 Å². The van der Waals surface area contributed by atoms with Gasteiger partial charge in [-0.1, -0.05) is 154 Å². The number of nitrogens with zero attached hydrogens (tertiary/aromatic N) is 5. The van der Waals surface area contributed by atoms with Crippen LogP contribution < -0.4 is 4.98 Å². The van der Waals surface area contributed by atoms with Gasteiger partial charge in [0.05, 0.1) is 11.0 Å². The quantitative estimate of drug-likeness (QED) is 0.156. The fraction of sp³-hybridized carbons (Fsp3) is 0.143. The standard InChI is InChI=1S/C56H45N5.Pt/c1-35-23-26-42-45-33-39(55(2,3)4)34-46(52(45)58-47(42)30-35)54-59-53-41(20-15-21-49(53)60(54)40-18-11-8-12-19-40)36-24-27-43-44-32-38(56(5,6)37-16-9-7-10-17-37)25-28-48(44)61(50(43)31-36)51-22-13-14-29-57-51;/h7-30,32-34H,1-6H3;/q-2;+2. The monoisotopic (exact) mass is 982 g/mol. The van der Waals surface area contributed by atoms with Gasteiger partial charge in [0.25, 0.3) is 0 Å².